The van der Waals surface area contributed by atoms with Crippen LogP contribution in [0.5, 0.6) is 0 Å². The largest absolute Gasteiger partial charge is 0.478 e. The molecule has 1 aliphatic carbocycles. The number of nitrogens with zero attached hydrogens (tertiary/aromatic N) is 2. The maximum Gasteiger partial charge on any atom is 0.336 e. The molecule has 0 fully saturated rings. The van der Waals surface area contributed by atoms with Crippen LogP contribution in [0.15, 0.2) is 60.9 Å². The summed E-state index contributed by atoms with van der Waals surface area (Å²) in [6.07, 6.45) is 7.11. The minimum absolute atomic E-state index is 0.328. The molecule has 1 N–H and O–H groups in total. The van der Waals surface area contributed by atoms with Gasteiger partial charge in [0.05, 0.1) is 12.1 Å². The van der Waals surface area contributed by atoms with Crippen molar-refractivity contribution in [2.75, 3.05) is 0 Å². The number of aryl methyl sites for hydroxylation is 1. The van der Waals surface area contributed by atoms with Crippen molar-refractivity contribution in [1.29, 1.82) is 0 Å². The van der Waals surface area contributed by atoms with E-state index in [2.05, 4.69) is 28.8 Å². The predicted molar refractivity (Wildman–Crippen MR) is 103 cm³/mol. The molecule has 1 aromatic heterocycles. The summed E-state index contributed by atoms with van der Waals surface area (Å²) < 4.78 is 4.86. The SMILES string of the molecule is O=C(O)c1ccccc1Cn1ccn(C2CCc3ccccc3C2)c1=S. The topological polar surface area (TPSA) is 47.2 Å². The lowest BCUT2D eigenvalue weighted by Gasteiger charge is -2.25. The van der Waals surface area contributed by atoms with E-state index in [1.807, 2.05) is 29.1 Å². The number of hydrogen-bond acceptors (Lipinski definition) is 2. The van der Waals surface area contributed by atoms with Crippen molar-refractivity contribution in [3.63, 3.8) is 0 Å². The Morgan fingerprint density at radius 3 is 2.62 bits per heavy atom. The normalized spacial score (nSPS) is 16.2. The highest BCUT2D eigenvalue weighted by molar-refractivity contribution is 7.71. The van der Waals surface area contributed by atoms with Crippen molar-refractivity contribution in [1.82, 2.24) is 9.13 Å². The van der Waals surface area contributed by atoms with Crippen LogP contribution >= 0.6 is 12.2 Å². The third-order valence-electron chi connectivity index (χ3n) is 5.18. The van der Waals surface area contributed by atoms with Crippen LogP contribution in [0.4, 0.5) is 0 Å². The first-order valence-corrected chi connectivity index (χ1v) is 9.19. The molecule has 4 nitrogen and oxygen atoms in total. The molecule has 1 atom stereocenters. The molecule has 0 saturated heterocycles. The molecule has 1 heterocycles. The van der Waals surface area contributed by atoms with Crippen molar-refractivity contribution in [2.45, 2.75) is 31.8 Å². The Kier molecular flexibility index (Phi) is 4.47. The number of benzene rings is 2. The fourth-order valence-electron chi connectivity index (χ4n) is 3.79. The first kappa shape index (κ1) is 16.8. The smallest absolute Gasteiger partial charge is 0.336 e. The highest BCUT2D eigenvalue weighted by atomic mass is 32.1. The van der Waals surface area contributed by atoms with Crippen LogP contribution in [-0.4, -0.2) is 20.2 Å². The zero-order valence-corrected chi connectivity index (χ0v) is 15.2. The summed E-state index contributed by atoms with van der Waals surface area (Å²) in [6.45, 7) is 0.470. The van der Waals surface area contributed by atoms with Crippen LogP contribution in [-0.2, 0) is 19.4 Å². The van der Waals surface area contributed by atoms with Crippen LogP contribution in [0, 0.1) is 4.77 Å². The number of rotatable bonds is 4. The lowest BCUT2D eigenvalue weighted by atomic mass is 9.88. The molecule has 1 unspecified atom stereocenters. The van der Waals surface area contributed by atoms with Crippen molar-refractivity contribution in [3.05, 3.63) is 87.9 Å². The number of aromatic carboxylic acids is 1. The fraction of sp³-hybridized carbons (Fsp3) is 0.238. The first-order valence-electron chi connectivity index (χ1n) is 8.79. The quantitative estimate of drug-likeness (QED) is 0.694. The second-order valence-corrected chi connectivity index (χ2v) is 7.11. The van der Waals surface area contributed by atoms with Gasteiger partial charge in [0.1, 0.15) is 0 Å². The van der Waals surface area contributed by atoms with Crippen LogP contribution in [0.2, 0.25) is 0 Å². The maximum atomic E-state index is 11.4. The molecule has 26 heavy (non-hydrogen) atoms. The van der Waals surface area contributed by atoms with E-state index >= 15 is 0 Å². The van der Waals surface area contributed by atoms with Crippen molar-refractivity contribution in [3.8, 4) is 0 Å². The zero-order valence-electron chi connectivity index (χ0n) is 14.3. The molecule has 0 bridgehead atoms. The molecule has 4 rings (SSSR count). The minimum atomic E-state index is -0.907. The van der Waals surface area contributed by atoms with E-state index in [9.17, 15) is 9.90 Å². The van der Waals surface area contributed by atoms with E-state index in [4.69, 9.17) is 12.2 Å². The monoisotopic (exact) mass is 364 g/mol. The lowest BCUT2D eigenvalue weighted by Crippen LogP contribution is -2.18. The molecule has 0 aliphatic heterocycles. The van der Waals surface area contributed by atoms with Gasteiger partial charge in [0.15, 0.2) is 4.77 Å². The Hall–Kier alpha value is -2.66. The summed E-state index contributed by atoms with van der Waals surface area (Å²) in [5.41, 5.74) is 3.93. The van der Waals surface area contributed by atoms with Gasteiger partial charge in [-0.3, -0.25) is 0 Å². The van der Waals surface area contributed by atoms with Gasteiger partial charge in [0.25, 0.3) is 0 Å². The number of imidazole rings is 1. The number of carboxylic acid groups (broad SMARTS) is 1. The molecule has 5 heteroatoms. The number of aromatic nitrogens is 2. The molecule has 0 amide bonds. The molecular formula is C21H20N2O2S. The minimum Gasteiger partial charge on any atom is -0.478 e. The van der Waals surface area contributed by atoms with Gasteiger partial charge < -0.3 is 14.2 Å². The van der Waals surface area contributed by atoms with E-state index < -0.39 is 5.97 Å². The Morgan fingerprint density at radius 2 is 1.81 bits per heavy atom. The maximum absolute atomic E-state index is 11.4. The van der Waals surface area contributed by atoms with Gasteiger partial charge in [0, 0.05) is 18.4 Å². The van der Waals surface area contributed by atoms with Crippen LogP contribution in [0.3, 0.4) is 0 Å². The van der Waals surface area contributed by atoms with Gasteiger partial charge in [-0.05, 0) is 54.2 Å². The van der Waals surface area contributed by atoms with Gasteiger partial charge in [-0.2, -0.15) is 0 Å². The van der Waals surface area contributed by atoms with Gasteiger partial charge >= 0.3 is 5.97 Å². The highest BCUT2D eigenvalue weighted by Crippen LogP contribution is 2.29. The van der Waals surface area contributed by atoms with E-state index in [1.165, 1.54) is 11.1 Å². The summed E-state index contributed by atoms with van der Waals surface area (Å²) in [6, 6.07) is 16.0. The van der Waals surface area contributed by atoms with Crippen LogP contribution in [0.1, 0.15) is 39.5 Å². The van der Waals surface area contributed by atoms with Gasteiger partial charge in [-0.1, -0.05) is 42.5 Å². The van der Waals surface area contributed by atoms with E-state index in [-0.39, 0.29) is 0 Å². The number of fused-ring (bicyclic) bond motifs is 1. The summed E-state index contributed by atoms with van der Waals surface area (Å²) in [4.78, 5) is 11.4. The second-order valence-electron chi connectivity index (χ2n) is 6.74. The number of carboxylic acids is 1. The average molecular weight is 364 g/mol. The molecule has 1 aliphatic rings. The van der Waals surface area contributed by atoms with E-state index in [0.29, 0.717) is 18.2 Å². The molecule has 0 radical (unpaired) electrons. The van der Waals surface area contributed by atoms with Crippen LogP contribution in [0.25, 0.3) is 0 Å². The third-order valence-corrected chi connectivity index (χ3v) is 5.62. The average Bonchev–Trinajstić information content (AvgIpc) is 3.02. The molecule has 0 saturated carbocycles. The van der Waals surface area contributed by atoms with Gasteiger partial charge in [-0.25, -0.2) is 4.79 Å². The summed E-state index contributed by atoms with van der Waals surface area (Å²) in [5.74, 6) is -0.907. The van der Waals surface area contributed by atoms with E-state index in [1.54, 1.807) is 12.1 Å². The zero-order chi connectivity index (χ0) is 18.1. The van der Waals surface area contributed by atoms with E-state index in [0.717, 1.165) is 29.6 Å². The predicted octanol–water partition coefficient (Wildman–Crippen LogP) is 4.50. The Balaban J connectivity index is 1.60. The standard InChI is InChI=1S/C21H20N2O2S/c24-20(25)19-8-4-3-7-17(19)14-22-11-12-23(21(22)26)18-10-9-15-5-1-2-6-16(15)13-18/h1-8,11-12,18H,9-10,13-14H2,(H,24,25). The second kappa shape index (κ2) is 6.92. The number of hydrogen-bond donors (Lipinski definition) is 1. The van der Waals surface area contributed by atoms with Crippen molar-refractivity contribution < 1.29 is 9.90 Å². The highest BCUT2D eigenvalue weighted by Gasteiger charge is 2.21. The Morgan fingerprint density at radius 1 is 1.08 bits per heavy atom. The molecule has 3 aromatic rings. The van der Waals surface area contributed by atoms with Gasteiger partial charge in [0.2, 0.25) is 0 Å². The summed E-state index contributed by atoms with van der Waals surface area (Å²) >= 11 is 5.69. The third kappa shape index (κ3) is 3.10. The Labute approximate surface area is 157 Å². The van der Waals surface area contributed by atoms with Crippen molar-refractivity contribution >= 4 is 18.2 Å². The molecular weight excluding hydrogens is 344 g/mol. The Bertz CT molecular complexity index is 1020. The van der Waals surface area contributed by atoms with Crippen LogP contribution < -0.4 is 0 Å². The molecule has 0 spiro atoms. The molecule has 2 aromatic carbocycles. The van der Waals surface area contributed by atoms with Gasteiger partial charge in [-0.15, -0.1) is 0 Å². The molecule has 132 valence electrons. The summed E-state index contributed by atoms with van der Waals surface area (Å²) in [5, 5.41) is 9.37. The number of carbonyl (C=O) groups is 1. The summed E-state index contributed by atoms with van der Waals surface area (Å²) in [7, 11) is 0. The van der Waals surface area contributed by atoms with Crippen molar-refractivity contribution in [2.24, 2.45) is 0 Å². The lowest BCUT2D eigenvalue weighted by molar-refractivity contribution is 0.0695. The first-order chi connectivity index (χ1) is 12.6. The fourth-order valence-corrected chi connectivity index (χ4v) is 4.13.